The summed E-state index contributed by atoms with van der Waals surface area (Å²) >= 11 is 0. The molecule has 0 bridgehead atoms. The third-order valence-electron chi connectivity index (χ3n) is 1.89. The molecule has 1 unspecified atom stereocenters. The van der Waals surface area contributed by atoms with Crippen LogP contribution in [0.25, 0.3) is 0 Å². The highest BCUT2D eigenvalue weighted by molar-refractivity contribution is 7.08. The number of hydrogen-bond acceptors (Lipinski definition) is 0. The standard InChI is InChI=1S/C6H17NP/c1-4-7(8,5-2)6-3/h4-6,8H2,1-3H3/q+1. The van der Waals surface area contributed by atoms with Gasteiger partial charge in [-0.2, -0.15) is 0 Å². The Morgan fingerprint density at radius 2 is 1.25 bits per heavy atom. The molecule has 0 spiro atoms. The summed E-state index contributed by atoms with van der Waals surface area (Å²) in [6.45, 7) is 10.3. The molecule has 0 saturated heterocycles. The molecule has 8 heavy (non-hydrogen) atoms. The smallest absolute Gasteiger partial charge is 0.0764 e. The molecule has 50 valence electrons. The largest absolute Gasteiger partial charge is 0.315 e. The zero-order chi connectivity index (χ0) is 6.62. The summed E-state index contributed by atoms with van der Waals surface area (Å²) in [6.07, 6.45) is 0. The zero-order valence-electron chi connectivity index (χ0n) is 6.15. The molecule has 1 nitrogen and oxygen atoms in total. The molecule has 0 amide bonds. The average Bonchev–Trinajstić information content (AvgIpc) is 1.87. The first-order valence-corrected chi connectivity index (χ1v) is 3.84. The molecular formula is C6H17NP+. The molecule has 0 aliphatic rings. The van der Waals surface area contributed by atoms with Gasteiger partial charge in [-0.25, -0.2) is 0 Å². The van der Waals surface area contributed by atoms with Crippen molar-refractivity contribution in [2.24, 2.45) is 0 Å². The second-order valence-electron chi connectivity index (χ2n) is 2.17. The van der Waals surface area contributed by atoms with Crippen LogP contribution < -0.4 is 0 Å². The lowest BCUT2D eigenvalue weighted by atomic mass is 10.5. The highest BCUT2D eigenvalue weighted by Gasteiger charge is 2.11. The van der Waals surface area contributed by atoms with Gasteiger partial charge in [-0.1, -0.05) is 0 Å². The summed E-state index contributed by atoms with van der Waals surface area (Å²) in [4.78, 5) is 0. The van der Waals surface area contributed by atoms with Gasteiger partial charge in [-0.05, 0) is 20.8 Å². The second kappa shape index (κ2) is 3.42. The topological polar surface area (TPSA) is 0 Å². The number of quaternary nitrogens is 1. The maximum Gasteiger partial charge on any atom is 0.0764 e. The monoisotopic (exact) mass is 134 g/mol. The fraction of sp³-hybridized carbons (Fsp3) is 1.00. The van der Waals surface area contributed by atoms with Crippen LogP contribution in [0, 0.1) is 0 Å². The molecule has 0 aliphatic heterocycles. The lowest BCUT2D eigenvalue weighted by Gasteiger charge is -2.29. The SMILES string of the molecule is CC[N+](P)(CC)CC. The molecule has 0 N–H and O–H groups in total. The Kier molecular flexibility index (Phi) is 3.59. The molecule has 0 radical (unpaired) electrons. The van der Waals surface area contributed by atoms with Gasteiger partial charge < -0.3 is 4.25 Å². The van der Waals surface area contributed by atoms with Crippen molar-refractivity contribution in [1.82, 2.24) is 0 Å². The van der Waals surface area contributed by atoms with Crippen LogP contribution in [0.2, 0.25) is 0 Å². The Morgan fingerprint density at radius 3 is 1.25 bits per heavy atom. The summed E-state index contributed by atoms with van der Waals surface area (Å²) in [5.74, 6) is 0. The zero-order valence-corrected chi connectivity index (χ0v) is 7.30. The Bertz CT molecular complexity index is 51.3. The van der Waals surface area contributed by atoms with E-state index in [4.69, 9.17) is 0 Å². The summed E-state index contributed by atoms with van der Waals surface area (Å²) in [6, 6.07) is 0. The van der Waals surface area contributed by atoms with Crippen molar-refractivity contribution >= 4 is 9.39 Å². The summed E-state index contributed by atoms with van der Waals surface area (Å²) < 4.78 is 1.12. The molecule has 0 rings (SSSR count). The normalized spacial score (nSPS) is 12.0. The van der Waals surface area contributed by atoms with Crippen molar-refractivity contribution < 1.29 is 4.25 Å². The highest BCUT2D eigenvalue weighted by Crippen LogP contribution is 2.12. The van der Waals surface area contributed by atoms with Crippen LogP contribution in [0.3, 0.4) is 0 Å². The summed E-state index contributed by atoms with van der Waals surface area (Å²) in [5, 5.41) is 0. The average molecular weight is 134 g/mol. The van der Waals surface area contributed by atoms with E-state index < -0.39 is 0 Å². The van der Waals surface area contributed by atoms with E-state index in [1.54, 1.807) is 0 Å². The Morgan fingerprint density at radius 1 is 1.00 bits per heavy atom. The molecule has 0 aromatic carbocycles. The molecule has 0 fully saturated rings. The molecular weight excluding hydrogens is 117 g/mol. The summed E-state index contributed by atoms with van der Waals surface area (Å²) in [7, 11) is 2.88. The van der Waals surface area contributed by atoms with Crippen LogP contribution in [-0.2, 0) is 0 Å². The van der Waals surface area contributed by atoms with Gasteiger partial charge >= 0.3 is 0 Å². The number of nitrogens with zero attached hydrogens (tertiary/aromatic N) is 1. The van der Waals surface area contributed by atoms with E-state index in [2.05, 4.69) is 30.2 Å². The van der Waals surface area contributed by atoms with Crippen molar-refractivity contribution in [3.8, 4) is 0 Å². The van der Waals surface area contributed by atoms with Crippen LogP contribution in [0.5, 0.6) is 0 Å². The predicted octanol–water partition coefficient (Wildman–Crippen LogP) is 1.65. The highest BCUT2D eigenvalue weighted by atomic mass is 31.0. The summed E-state index contributed by atoms with van der Waals surface area (Å²) in [5.41, 5.74) is 0. The first-order valence-electron chi connectivity index (χ1n) is 3.33. The minimum atomic E-state index is 1.12. The van der Waals surface area contributed by atoms with Gasteiger partial charge in [0.05, 0.1) is 29.0 Å². The third-order valence-corrected chi connectivity index (χ3v) is 2.98. The maximum atomic E-state index is 2.88. The number of hydrogen-bond donors (Lipinski definition) is 0. The molecule has 2 heteroatoms. The van der Waals surface area contributed by atoms with Crippen molar-refractivity contribution in [2.45, 2.75) is 20.8 Å². The van der Waals surface area contributed by atoms with Gasteiger partial charge in [0.2, 0.25) is 0 Å². The van der Waals surface area contributed by atoms with E-state index in [1.807, 2.05) is 0 Å². The van der Waals surface area contributed by atoms with Gasteiger partial charge in [-0.3, -0.25) is 0 Å². The second-order valence-corrected chi connectivity index (χ2v) is 3.26. The van der Waals surface area contributed by atoms with Crippen LogP contribution in [0.15, 0.2) is 0 Å². The maximum absolute atomic E-state index is 2.88. The van der Waals surface area contributed by atoms with Crippen molar-refractivity contribution in [3.63, 3.8) is 0 Å². The van der Waals surface area contributed by atoms with Crippen molar-refractivity contribution in [2.75, 3.05) is 19.6 Å². The van der Waals surface area contributed by atoms with E-state index in [1.165, 1.54) is 19.6 Å². The molecule has 0 saturated carbocycles. The quantitative estimate of drug-likeness (QED) is 0.515. The fourth-order valence-electron chi connectivity index (χ4n) is 0.671. The fourth-order valence-corrected chi connectivity index (χ4v) is 0.671. The minimum Gasteiger partial charge on any atom is -0.315 e. The first kappa shape index (κ1) is 8.39. The number of rotatable bonds is 3. The van der Waals surface area contributed by atoms with Gasteiger partial charge in [0.25, 0.3) is 0 Å². The Labute approximate surface area is 54.9 Å². The van der Waals surface area contributed by atoms with E-state index >= 15 is 0 Å². The van der Waals surface area contributed by atoms with Gasteiger partial charge in [0.15, 0.2) is 0 Å². The molecule has 0 heterocycles. The van der Waals surface area contributed by atoms with Crippen LogP contribution in [0.1, 0.15) is 20.8 Å². The van der Waals surface area contributed by atoms with E-state index in [9.17, 15) is 0 Å². The van der Waals surface area contributed by atoms with E-state index in [0.29, 0.717) is 0 Å². The first-order chi connectivity index (χ1) is 3.68. The minimum absolute atomic E-state index is 1.12. The van der Waals surface area contributed by atoms with Gasteiger partial charge in [-0.15, -0.1) is 0 Å². The van der Waals surface area contributed by atoms with Crippen LogP contribution >= 0.6 is 9.39 Å². The molecule has 0 aromatic rings. The van der Waals surface area contributed by atoms with Crippen molar-refractivity contribution in [1.29, 1.82) is 0 Å². The Balaban J connectivity index is 3.58. The molecule has 0 aliphatic carbocycles. The van der Waals surface area contributed by atoms with Gasteiger partial charge in [0.1, 0.15) is 0 Å². The predicted molar refractivity (Wildman–Crippen MR) is 41.6 cm³/mol. The van der Waals surface area contributed by atoms with Crippen molar-refractivity contribution in [3.05, 3.63) is 0 Å². The van der Waals surface area contributed by atoms with E-state index in [-0.39, 0.29) is 0 Å². The van der Waals surface area contributed by atoms with E-state index in [0.717, 1.165) is 4.25 Å². The Hall–Kier alpha value is 0.390. The molecule has 0 aromatic heterocycles. The lowest BCUT2D eigenvalue weighted by Crippen LogP contribution is -2.36. The lowest BCUT2D eigenvalue weighted by molar-refractivity contribution is -0.793. The third kappa shape index (κ3) is 2.11. The van der Waals surface area contributed by atoms with Gasteiger partial charge in [0, 0.05) is 0 Å². The van der Waals surface area contributed by atoms with Crippen LogP contribution in [0.4, 0.5) is 0 Å². The molecule has 1 atom stereocenters. The van der Waals surface area contributed by atoms with Crippen LogP contribution in [-0.4, -0.2) is 23.9 Å².